The molecule has 0 aliphatic carbocycles. The Morgan fingerprint density at radius 1 is 1.45 bits per heavy atom. The van der Waals surface area contributed by atoms with Crippen LogP contribution in [0.15, 0.2) is 12.1 Å². The van der Waals surface area contributed by atoms with Gasteiger partial charge in [0.15, 0.2) is 21.3 Å². The van der Waals surface area contributed by atoms with E-state index in [1.165, 1.54) is 7.11 Å². The fraction of sp³-hybridized carbons (Fsp3) is 0.500. The Labute approximate surface area is 122 Å². The second kappa shape index (κ2) is 5.77. The number of benzene rings is 1. The third-order valence-corrected chi connectivity index (χ3v) is 5.03. The Balaban J connectivity index is 2.30. The second-order valence-corrected chi connectivity index (χ2v) is 7.17. The summed E-state index contributed by atoms with van der Waals surface area (Å²) in [5.41, 5.74) is 6.30. The highest BCUT2D eigenvalue weighted by Gasteiger charge is 2.38. The molecule has 1 heterocycles. The number of ether oxygens (including phenoxy) is 2. The van der Waals surface area contributed by atoms with Crippen LogP contribution >= 0.6 is 11.6 Å². The van der Waals surface area contributed by atoms with Gasteiger partial charge in [-0.2, -0.15) is 0 Å². The molecule has 6 nitrogen and oxygen atoms in total. The van der Waals surface area contributed by atoms with Gasteiger partial charge in [-0.3, -0.25) is 0 Å². The number of rotatable bonds is 4. The summed E-state index contributed by atoms with van der Waals surface area (Å²) in [5.74, 6) is 0.0204. The summed E-state index contributed by atoms with van der Waals surface area (Å²) in [7, 11) is -1.84. The molecule has 2 unspecified atom stereocenters. The summed E-state index contributed by atoms with van der Waals surface area (Å²) in [6.07, 6.45) is -1.93. The second-order valence-electron chi connectivity index (χ2n) is 4.61. The molecule has 0 saturated carbocycles. The van der Waals surface area contributed by atoms with Gasteiger partial charge in [0.2, 0.25) is 0 Å². The lowest BCUT2D eigenvalue weighted by Crippen LogP contribution is -2.30. The molecule has 1 aromatic rings. The van der Waals surface area contributed by atoms with E-state index in [9.17, 15) is 13.5 Å². The zero-order valence-corrected chi connectivity index (χ0v) is 12.4. The van der Waals surface area contributed by atoms with E-state index < -0.39 is 22.0 Å². The van der Waals surface area contributed by atoms with Gasteiger partial charge in [-0.1, -0.05) is 11.6 Å². The maximum absolute atomic E-state index is 11.5. The van der Waals surface area contributed by atoms with Crippen LogP contribution in [0.2, 0.25) is 5.02 Å². The number of hydrogen-bond acceptors (Lipinski definition) is 6. The molecule has 0 spiro atoms. The smallest absolute Gasteiger partial charge is 0.180 e. The molecule has 8 heteroatoms. The van der Waals surface area contributed by atoms with Gasteiger partial charge in [-0.15, -0.1) is 0 Å². The topological polar surface area (TPSA) is 98.9 Å². The normalized spacial score (nSPS) is 24.6. The first-order valence-electron chi connectivity index (χ1n) is 5.98. The van der Waals surface area contributed by atoms with Crippen molar-refractivity contribution >= 4 is 21.4 Å². The molecule has 3 N–H and O–H groups in total. The fourth-order valence-corrected chi connectivity index (χ4v) is 4.01. The molecular formula is C12H16ClNO5S. The minimum Gasteiger partial charge on any atom is -0.493 e. The molecule has 1 fully saturated rings. The maximum Gasteiger partial charge on any atom is 0.180 e. The van der Waals surface area contributed by atoms with Crippen LogP contribution in [0, 0.1) is 0 Å². The van der Waals surface area contributed by atoms with Crippen molar-refractivity contribution in [3.05, 3.63) is 22.7 Å². The van der Waals surface area contributed by atoms with E-state index in [1.807, 2.05) is 0 Å². The van der Waals surface area contributed by atoms with Crippen molar-refractivity contribution < 1.29 is 23.0 Å². The zero-order chi connectivity index (χ0) is 14.9. The molecule has 2 rings (SSSR count). The zero-order valence-electron chi connectivity index (χ0n) is 10.9. The number of aliphatic hydroxyl groups is 1. The number of sulfone groups is 1. The fourth-order valence-electron chi connectivity index (χ4n) is 2.07. The first-order chi connectivity index (χ1) is 9.36. The molecule has 1 saturated heterocycles. The van der Waals surface area contributed by atoms with Crippen LogP contribution in [0.1, 0.15) is 5.56 Å². The molecule has 20 heavy (non-hydrogen) atoms. The average molecular weight is 322 g/mol. The Morgan fingerprint density at radius 2 is 2.15 bits per heavy atom. The number of methoxy groups -OCH3 is 1. The van der Waals surface area contributed by atoms with Crippen LogP contribution in [0.5, 0.6) is 11.5 Å². The summed E-state index contributed by atoms with van der Waals surface area (Å²) in [6.45, 7) is 0.288. The summed E-state index contributed by atoms with van der Waals surface area (Å²) in [6, 6.07) is 3.28. The predicted octanol–water partition coefficient (Wildman–Crippen LogP) is 0.344. The maximum atomic E-state index is 11.5. The number of aliphatic hydroxyl groups excluding tert-OH is 1. The van der Waals surface area contributed by atoms with Crippen molar-refractivity contribution in [1.82, 2.24) is 0 Å². The van der Waals surface area contributed by atoms with Gasteiger partial charge in [0.05, 0.1) is 23.6 Å². The quantitative estimate of drug-likeness (QED) is 0.830. The molecule has 0 aromatic heterocycles. The lowest BCUT2D eigenvalue weighted by Gasteiger charge is -2.19. The van der Waals surface area contributed by atoms with Gasteiger partial charge in [-0.25, -0.2) is 8.42 Å². The Kier molecular flexibility index (Phi) is 4.43. The predicted molar refractivity (Wildman–Crippen MR) is 75.0 cm³/mol. The van der Waals surface area contributed by atoms with Crippen molar-refractivity contribution in [2.45, 2.75) is 18.8 Å². The van der Waals surface area contributed by atoms with E-state index in [4.69, 9.17) is 26.8 Å². The van der Waals surface area contributed by atoms with E-state index in [0.717, 1.165) is 5.56 Å². The third kappa shape index (κ3) is 3.17. The summed E-state index contributed by atoms with van der Waals surface area (Å²) in [4.78, 5) is 0. The molecule has 1 aliphatic heterocycles. The molecule has 0 radical (unpaired) electrons. The van der Waals surface area contributed by atoms with Gasteiger partial charge >= 0.3 is 0 Å². The van der Waals surface area contributed by atoms with Crippen molar-refractivity contribution in [2.75, 3.05) is 18.6 Å². The van der Waals surface area contributed by atoms with E-state index in [0.29, 0.717) is 5.75 Å². The summed E-state index contributed by atoms with van der Waals surface area (Å²) >= 11 is 6.10. The molecule has 0 bridgehead atoms. The largest absolute Gasteiger partial charge is 0.493 e. The van der Waals surface area contributed by atoms with Gasteiger partial charge in [-0.05, 0) is 17.7 Å². The average Bonchev–Trinajstić information content (AvgIpc) is 2.64. The van der Waals surface area contributed by atoms with Crippen LogP contribution in [0.3, 0.4) is 0 Å². The van der Waals surface area contributed by atoms with Gasteiger partial charge in [0, 0.05) is 6.54 Å². The van der Waals surface area contributed by atoms with Crippen LogP contribution in [-0.4, -0.2) is 44.3 Å². The van der Waals surface area contributed by atoms with E-state index in [1.54, 1.807) is 12.1 Å². The molecule has 2 atom stereocenters. The minimum atomic E-state index is -3.29. The lowest BCUT2D eigenvalue weighted by molar-refractivity contribution is 0.0719. The van der Waals surface area contributed by atoms with Crippen LogP contribution < -0.4 is 15.2 Å². The van der Waals surface area contributed by atoms with Gasteiger partial charge in [0.25, 0.3) is 0 Å². The lowest BCUT2D eigenvalue weighted by atomic mass is 10.2. The van der Waals surface area contributed by atoms with Crippen LogP contribution in [0.25, 0.3) is 0 Å². The van der Waals surface area contributed by atoms with Gasteiger partial charge < -0.3 is 20.3 Å². The highest BCUT2D eigenvalue weighted by molar-refractivity contribution is 7.91. The van der Waals surface area contributed by atoms with Crippen LogP contribution in [0.4, 0.5) is 0 Å². The summed E-state index contributed by atoms with van der Waals surface area (Å²) < 4.78 is 33.6. The third-order valence-electron chi connectivity index (χ3n) is 3.07. The van der Waals surface area contributed by atoms with Crippen molar-refractivity contribution in [3.8, 4) is 11.5 Å². The first kappa shape index (κ1) is 15.4. The van der Waals surface area contributed by atoms with Crippen molar-refractivity contribution in [2.24, 2.45) is 5.73 Å². The molecule has 112 valence electrons. The molecule has 1 aliphatic rings. The van der Waals surface area contributed by atoms with E-state index >= 15 is 0 Å². The molecule has 1 aromatic carbocycles. The van der Waals surface area contributed by atoms with E-state index in [-0.39, 0.29) is 28.8 Å². The van der Waals surface area contributed by atoms with Gasteiger partial charge in [0.1, 0.15) is 12.2 Å². The highest BCUT2D eigenvalue weighted by atomic mass is 35.5. The van der Waals surface area contributed by atoms with Crippen molar-refractivity contribution in [3.63, 3.8) is 0 Å². The molecule has 0 amide bonds. The number of halogens is 1. The van der Waals surface area contributed by atoms with Crippen LogP contribution in [-0.2, 0) is 16.4 Å². The van der Waals surface area contributed by atoms with Crippen molar-refractivity contribution in [1.29, 1.82) is 0 Å². The Hall–Kier alpha value is -1.02. The number of hydrogen-bond donors (Lipinski definition) is 2. The SMILES string of the molecule is COc1cc(CN)cc(Cl)c1OC1CS(=O)(=O)CC1O. The van der Waals surface area contributed by atoms with E-state index in [2.05, 4.69) is 0 Å². The highest BCUT2D eigenvalue weighted by Crippen LogP contribution is 2.38. The monoisotopic (exact) mass is 321 g/mol. The minimum absolute atomic E-state index is 0.215. The summed E-state index contributed by atoms with van der Waals surface area (Å²) in [5, 5.41) is 10.00. The Morgan fingerprint density at radius 3 is 2.65 bits per heavy atom. The Bertz CT molecular complexity index is 604. The number of nitrogens with two attached hydrogens (primary N) is 1. The molecular weight excluding hydrogens is 306 g/mol. The first-order valence-corrected chi connectivity index (χ1v) is 8.18. The standard InChI is InChI=1S/C12H16ClNO5S/c1-18-10-3-7(4-14)2-8(13)12(10)19-11-6-20(16,17)5-9(11)15/h2-3,9,11,15H,4-6,14H2,1H3.